The summed E-state index contributed by atoms with van der Waals surface area (Å²) < 4.78 is 0. The second kappa shape index (κ2) is 8.84. The van der Waals surface area contributed by atoms with E-state index >= 15 is 0 Å². The van der Waals surface area contributed by atoms with Crippen LogP contribution in [0, 0.1) is 0 Å². The Hall–Kier alpha value is -2.93. The van der Waals surface area contributed by atoms with E-state index in [1.165, 1.54) is 16.3 Å². The van der Waals surface area contributed by atoms with Gasteiger partial charge in [0.05, 0.1) is 6.42 Å². The van der Waals surface area contributed by atoms with Crippen LogP contribution in [0.4, 0.5) is 0 Å². The van der Waals surface area contributed by atoms with Gasteiger partial charge in [-0.2, -0.15) is 0 Å². The Bertz CT molecular complexity index is 874. The van der Waals surface area contributed by atoms with Gasteiger partial charge in [-0.1, -0.05) is 42.5 Å². The zero-order valence-electron chi connectivity index (χ0n) is 15.6. The fourth-order valence-corrected chi connectivity index (χ4v) is 3.39. The van der Waals surface area contributed by atoms with Gasteiger partial charge < -0.3 is 16.2 Å². The molecule has 7 heteroatoms. The smallest absolute Gasteiger partial charge is 0.326 e. The van der Waals surface area contributed by atoms with Crippen LogP contribution < -0.4 is 11.1 Å². The third-order valence-corrected chi connectivity index (χ3v) is 4.98. The van der Waals surface area contributed by atoms with Crippen molar-refractivity contribution in [3.05, 3.63) is 48.0 Å². The summed E-state index contributed by atoms with van der Waals surface area (Å²) >= 11 is 0. The van der Waals surface area contributed by atoms with Crippen molar-refractivity contribution in [2.24, 2.45) is 5.73 Å². The zero-order chi connectivity index (χ0) is 20.1. The molecule has 148 valence electrons. The van der Waals surface area contributed by atoms with Crippen molar-refractivity contribution in [1.82, 2.24) is 10.2 Å². The standard InChI is InChI=1S/C21H25N3O4/c22-19(25)12-18(21(27)28)23-20(26)10-11-24(16-8-9-16)13-15-6-3-5-14-4-1-2-7-17(14)15/h1-7,16,18H,8-13H2,(H2,22,25)(H,23,26)(H,27,28). The van der Waals surface area contributed by atoms with Crippen LogP contribution in [0.25, 0.3) is 10.8 Å². The van der Waals surface area contributed by atoms with Crippen molar-refractivity contribution in [1.29, 1.82) is 0 Å². The first-order valence-electron chi connectivity index (χ1n) is 9.45. The lowest BCUT2D eigenvalue weighted by atomic mass is 10.0. The molecular weight excluding hydrogens is 358 g/mol. The number of carboxylic acid groups (broad SMARTS) is 1. The van der Waals surface area contributed by atoms with Gasteiger partial charge in [0, 0.05) is 25.6 Å². The van der Waals surface area contributed by atoms with E-state index in [-0.39, 0.29) is 6.42 Å². The molecule has 1 fully saturated rings. The molecule has 0 saturated heterocycles. The molecule has 1 unspecified atom stereocenters. The van der Waals surface area contributed by atoms with Crippen LogP contribution in [0.1, 0.15) is 31.2 Å². The molecule has 3 rings (SSSR count). The van der Waals surface area contributed by atoms with E-state index in [1.807, 2.05) is 18.2 Å². The van der Waals surface area contributed by atoms with Crippen LogP contribution >= 0.6 is 0 Å². The number of nitrogens with two attached hydrogens (primary N) is 1. The summed E-state index contributed by atoms with van der Waals surface area (Å²) in [6, 6.07) is 13.6. The Morgan fingerprint density at radius 3 is 2.54 bits per heavy atom. The highest BCUT2D eigenvalue weighted by Crippen LogP contribution is 2.30. The number of carbonyl (C=O) groups is 3. The molecule has 2 aromatic carbocycles. The van der Waals surface area contributed by atoms with Crippen LogP contribution in [0.15, 0.2) is 42.5 Å². The number of amides is 2. The average molecular weight is 383 g/mol. The fraction of sp³-hybridized carbons (Fsp3) is 0.381. The molecule has 1 saturated carbocycles. The molecular formula is C21H25N3O4. The molecule has 2 amide bonds. The predicted octanol–water partition coefficient (Wildman–Crippen LogP) is 1.64. The van der Waals surface area contributed by atoms with E-state index in [4.69, 9.17) is 10.8 Å². The largest absolute Gasteiger partial charge is 0.480 e. The number of hydrogen-bond donors (Lipinski definition) is 3. The topological polar surface area (TPSA) is 113 Å². The maximum atomic E-state index is 12.2. The van der Waals surface area contributed by atoms with Gasteiger partial charge in [0.1, 0.15) is 6.04 Å². The molecule has 1 aliphatic rings. The summed E-state index contributed by atoms with van der Waals surface area (Å²) in [7, 11) is 0. The number of aliphatic carboxylic acids is 1. The van der Waals surface area contributed by atoms with Crippen LogP contribution in [-0.2, 0) is 20.9 Å². The first-order chi connectivity index (χ1) is 13.4. The SMILES string of the molecule is NC(=O)CC(NC(=O)CCN(Cc1cccc2ccccc12)C1CC1)C(=O)O. The highest BCUT2D eigenvalue weighted by atomic mass is 16.4. The van der Waals surface area contributed by atoms with Crippen molar-refractivity contribution in [2.45, 2.75) is 44.3 Å². The molecule has 1 atom stereocenters. The van der Waals surface area contributed by atoms with Gasteiger partial charge in [0.15, 0.2) is 0 Å². The number of carboxylic acids is 1. The molecule has 0 aromatic heterocycles. The predicted molar refractivity (Wildman–Crippen MR) is 105 cm³/mol. The van der Waals surface area contributed by atoms with Crippen molar-refractivity contribution in [3.8, 4) is 0 Å². The number of fused-ring (bicyclic) bond motifs is 1. The summed E-state index contributed by atoms with van der Waals surface area (Å²) in [5, 5.41) is 13.9. The number of primary amides is 1. The van der Waals surface area contributed by atoms with Crippen molar-refractivity contribution >= 4 is 28.6 Å². The van der Waals surface area contributed by atoms with Gasteiger partial charge in [0.25, 0.3) is 0 Å². The second-order valence-corrected chi connectivity index (χ2v) is 7.22. The highest BCUT2D eigenvalue weighted by molar-refractivity contribution is 5.88. The van der Waals surface area contributed by atoms with Gasteiger partial charge in [-0.15, -0.1) is 0 Å². The molecule has 7 nitrogen and oxygen atoms in total. The quantitative estimate of drug-likeness (QED) is 0.577. The average Bonchev–Trinajstić information content (AvgIpc) is 3.49. The van der Waals surface area contributed by atoms with Crippen LogP contribution in [0.5, 0.6) is 0 Å². The second-order valence-electron chi connectivity index (χ2n) is 7.22. The summed E-state index contributed by atoms with van der Waals surface area (Å²) in [6.07, 6.45) is 1.96. The Balaban J connectivity index is 1.61. The Kier molecular flexibility index (Phi) is 6.26. The molecule has 0 aliphatic heterocycles. The number of benzene rings is 2. The molecule has 0 bridgehead atoms. The van der Waals surface area contributed by atoms with Gasteiger partial charge >= 0.3 is 5.97 Å². The minimum atomic E-state index is -1.28. The molecule has 0 heterocycles. The van der Waals surface area contributed by atoms with Crippen molar-refractivity contribution < 1.29 is 19.5 Å². The lowest BCUT2D eigenvalue weighted by Crippen LogP contribution is -2.44. The van der Waals surface area contributed by atoms with Gasteiger partial charge in [-0.25, -0.2) is 4.79 Å². The number of nitrogens with one attached hydrogen (secondary N) is 1. The van der Waals surface area contributed by atoms with Crippen molar-refractivity contribution in [2.75, 3.05) is 6.54 Å². The van der Waals surface area contributed by atoms with E-state index in [0.29, 0.717) is 12.6 Å². The monoisotopic (exact) mass is 383 g/mol. The van der Waals surface area contributed by atoms with Crippen LogP contribution in [0.3, 0.4) is 0 Å². The Labute approximate surface area is 163 Å². The molecule has 0 radical (unpaired) electrons. The third kappa shape index (κ3) is 5.29. The van der Waals surface area contributed by atoms with E-state index < -0.39 is 30.2 Å². The maximum Gasteiger partial charge on any atom is 0.326 e. The summed E-state index contributed by atoms with van der Waals surface area (Å²) in [5.41, 5.74) is 6.26. The molecule has 28 heavy (non-hydrogen) atoms. The minimum absolute atomic E-state index is 0.170. The van der Waals surface area contributed by atoms with Gasteiger partial charge in [-0.05, 0) is 29.2 Å². The van der Waals surface area contributed by atoms with Crippen molar-refractivity contribution in [3.63, 3.8) is 0 Å². The number of hydrogen-bond acceptors (Lipinski definition) is 4. The number of nitrogens with zero attached hydrogens (tertiary/aromatic N) is 1. The van der Waals surface area contributed by atoms with E-state index in [0.717, 1.165) is 19.4 Å². The normalized spacial score (nSPS) is 14.8. The zero-order valence-corrected chi connectivity index (χ0v) is 15.6. The van der Waals surface area contributed by atoms with E-state index in [9.17, 15) is 14.4 Å². The lowest BCUT2D eigenvalue weighted by molar-refractivity contribution is -0.143. The highest BCUT2D eigenvalue weighted by Gasteiger charge is 2.30. The van der Waals surface area contributed by atoms with Gasteiger partial charge in [-0.3, -0.25) is 14.5 Å². The molecule has 2 aromatic rings. The van der Waals surface area contributed by atoms with Gasteiger partial charge in [0.2, 0.25) is 11.8 Å². The van der Waals surface area contributed by atoms with Crippen LogP contribution in [-0.4, -0.2) is 46.4 Å². The number of carbonyl (C=O) groups excluding carboxylic acids is 2. The summed E-state index contributed by atoms with van der Waals surface area (Å²) in [5.74, 6) is -2.41. The molecule has 0 spiro atoms. The first-order valence-corrected chi connectivity index (χ1v) is 9.45. The van der Waals surface area contributed by atoms with E-state index in [2.05, 4.69) is 34.5 Å². The number of rotatable bonds is 10. The minimum Gasteiger partial charge on any atom is -0.480 e. The van der Waals surface area contributed by atoms with Crippen LogP contribution in [0.2, 0.25) is 0 Å². The van der Waals surface area contributed by atoms with E-state index in [1.54, 1.807) is 0 Å². The Morgan fingerprint density at radius 2 is 1.86 bits per heavy atom. The third-order valence-electron chi connectivity index (χ3n) is 4.98. The molecule has 4 N–H and O–H groups in total. The summed E-state index contributed by atoms with van der Waals surface area (Å²) in [6.45, 7) is 1.27. The lowest BCUT2D eigenvalue weighted by Gasteiger charge is -2.23. The maximum absolute atomic E-state index is 12.2. The Morgan fingerprint density at radius 1 is 1.14 bits per heavy atom. The fourth-order valence-electron chi connectivity index (χ4n) is 3.39. The first kappa shape index (κ1) is 19.8. The molecule has 1 aliphatic carbocycles. The summed E-state index contributed by atoms with van der Waals surface area (Å²) in [4.78, 5) is 36.6.